The van der Waals surface area contributed by atoms with Gasteiger partial charge in [0, 0.05) is 10.7 Å². The molecule has 0 aliphatic carbocycles. The zero-order valence-corrected chi connectivity index (χ0v) is 9.62. The molecule has 1 rings (SSSR count). The highest BCUT2D eigenvalue weighted by atomic mass is 127. The van der Waals surface area contributed by atoms with Crippen molar-refractivity contribution in [1.29, 1.82) is 0 Å². The van der Waals surface area contributed by atoms with Crippen molar-refractivity contribution in [2.75, 3.05) is 13.7 Å². The van der Waals surface area contributed by atoms with Gasteiger partial charge < -0.3 is 9.47 Å². The predicted molar refractivity (Wildman–Crippen MR) is 56.6 cm³/mol. The lowest BCUT2D eigenvalue weighted by atomic mass is 10.3. The number of hydrogen-bond donors (Lipinski definition) is 0. The average Bonchev–Trinajstić information content (AvgIpc) is 2.08. The van der Waals surface area contributed by atoms with E-state index in [1.807, 2.05) is 0 Å². The molecular formula is C9H9F2IO2. The van der Waals surface area contributed by atoms with Crippen LogP contribution in [0.2, 0.25) is 0 Å². The summed E-state index contributed by atoms with van der Waals surface area (Å²) in [6.07, 6.45) is -3.28. The van der Waals surface area contributed by atoms with Gasteiger partial charge in [-0.25, -0.2) is 0 Å². The van der Waals surface area contributed by atoms with Crippen LogP contribution >= 0.6 is 22.6 Å². The Morgan fingerprint density at radius 1 is 1.29 bits per heavy atom. The Morgan fingerprint density at radius 3 is 2.36 bits per heavy atom. The highest BCUT2D eigenvalue weighted by Gasteiger charge is 2.31. The molecule has 1 aromatic rings. The molecule has 0 amide bonds. The van der Waals surface area contributed by atoms with Gasteiger partial charge in [-0.05, 0) is 46.9 Å². The number of methoxy groups -OCH3 is 1. The Kier molecular flexibility index (Phi) is 4.06. The van der Waals surface area contributed by atoms with Crippen molar-refractivity contribution < 1.29 is 18.3 Å². The normalized spacial score (nSPS) is 11.4. The summed E-state index contributed by atoms with van der Waals surface area (Å²) in [6.45, 7) is -0.751. The smallest absolute Gasteiger partial charge is 0.421 e. The molecule has 0 aromatic heterocycles. The van der Waals surface area contributed by atoms with Crippen LogP contribution in [0.1, 0.15) is 0 Å². The molecule has 0 heterocycles. The molecule has 0 spiro atoms. The molecule has 5 heteroatoms. The maximum absolute atomic E-state index is 12.9. The van der Waals surface area contributed by atoms with Gasteiger partial charge in [0.05, 0.1) is 0 Å². The molecule has 0 saturated heterocycles. The molecule has 0 aliphatic heterocycles. The minimum absolute atomic E-state index is 0.132. The van der Waals surface area contributed by atoms with Gasteiger partial charge in [0.25, 0.3) is 0 Å². The van der Waals surface area contributed by atoms with Gasteiger partial charge in [-0.15, -0.1) is 0 Å². The van der Waals surface area contributed by atoms with Gasteiger partial charge in [0.15, 0.2) is 0 Å². The van der Waals surface area contributed by atoms with E-state index >= 15 is 0 Å². The molecule has 0 saturated carbocycles. The molecule has 0 aliphatic rings. The lowest BCUT2D eigenvalue weighted by Gasteiger charge is -2.16. The molecule has 0 radical (unpaired) electrons. The minimum Gasteiger partial charge on any atom is -0.431 e. The number of alkyl halides is 2. The number of ether oxygens (including phenoxy) is 2. The van der Waals surface area contributed by atoms with Crippen molar-refractivity contribution >= 4 is 22.6 Å². The fourth-order valence-electron chi connectivity index (χ4n) is 0.873. The quantitative estimate of drug-likeness (QED) is 0.796. The highest BCUT2D eigenvalue weighted by molar-refractivity contribution is 14.1. The van der Waals surface area contributed by atoms with E-state index < -0.39 is 12.7 Å². The maximum atomic E-state index is 12.9. The summed E-state index contributed by atoms with van der Waals surface area (Å²) < 4.78 is 35.4. The van der Waals surface area contributed by atoms with Crippen LogP contribution in [0.3, 0.4) is 0 Å². The third-order valence-electron chi connectivity index (χ3n) is 1.39. The van der Waals surface area contributed by atoms with E-state index in [1.165, 1.54) is 19.2 Å². The lowest BCUT2D eigenvalue weighted by Crippen LogP contribution is -2.30. The minimum atomic E-state index is -3.28. The fraction of sp³-hybridized carbons (Fsp3) is 0.333. The zero-order chi connectivity index (χ0) is 10.6. The molecule has 0 bridgehead atoms. The molecular weight excluding hydrogens is 305 g/mol. The summed E-state index contributed by atoms with van der Waals surface area (Å²) in [4.78, 5) is 0. The Hall–Kier alpha value is -0.430. The van der Waals surface area contributed by atoms with Crippen LogP contribution in [-0.4, -0.2) is 19.8 Å². The van der Waals surface area contributed by atoms with Gasteiger partial charge in [0.1, 0.15) is 12.4 Å². The highest BCUT2D eigenvalue weighted by Crippen LogP contribution is 2.22. The van der Waals surface area contributed by atoms with Crippen molar-refractivity contribution in [2.45, 2.75) is 6.11 Å². The third-order valence-corrected chi connectivity index (χ3v) is 2.11. The van der Waals surface area contributed by atoms with Gasteiger partial charge >= 0.3 is 6.11 Å². The third kappa shape index (κ3) is 3.75. The standard InChI is InChI=1S/C9H9F2IO2/c1-13-6-9(10,11)14-8-4-2-7(12)3-5-8/h2-5H,6H2,1H3. The summed E-state index contributed by atoms with van der Waals surface area (Å²) >= 11 is 2.08. The van der Waals surface area contributed by atoms with Crippen LogP contribution in [0.25, 0.3) is 0 Å². The van der Waals surface area contributed by atoms with Crippen molar-refractivity contribution in [3.05, 3.63) is 27.8 Å². The Bertz CT molecular complexity index is 287. The molecule has 1 aromatic carbocycles. The Labute approximate surface area is 94.3 Å². The van der Waals surface area contributed by atoms with E-state index in [0.29, 0.717) is 0 Å². The SMILES string of the molecule is COCC(F)(F)Oc1ccc(I)cc1. The van der Waals surface area contributed by atoms with Gasteiger partial charge in [-0.1, -0.05) is 0 Å². The number of halogens is 3. The molecule has 0 atom stereocenters. The van der Waals surface area contributed by atoms with Gasteiger partial charge in [0.2, 0.25) is 0 Å². The molecule has 0 N–H and O–H groups in total. The Morgan fingerprint density at radius 2 is 1.86 bits per heavy atom. The van der Waals surface area contributed by atoms with Crippen LogP contribution in [0.15, 0.2) is 24.3 Å². The van der Waals surface area contributed by atoms with E-state index in [1.54, 1.807) is 12.1 Å². The summed E-state index contributed by atoms with van der Waals surface area (Å²) in [6, 6.07) is 6.37. The summed E-state index contributed by atoms with van der Waals surface area (Å²) in [7, 11) is 1.20. The van der Waals surface area contributed by atoms with E-state index in [4.69, 9.17) is 0 Å². The summed E-state index contributed by atoms with van der Waals surface area (Å²) in [5.41, 5.74) is 0. The van der Waals surface area contributed by atoms with E-state index in [9.17, 15) is 8.78 Å². The first-order valence-corrected chi connectivity index (χ1v) is 4.93. The first-order chi connectivity index (χ1) is 6.53. The second-order valence-corrected chi connectivity index (χ2v) is 3.87. The summed E-state index contributed by atoms with van der Waals surface area (Å²) in [5, 5.41) is 0. The monoisotopic (exact) mass is 314 g/mol. The first kappa shape index (κ1) is 11.6. The van der Waals surface area contributed by atoms with Crippen LogP contribution in [0.5, 0.6) is 5.75 Å². The molecule has 14 heavy (non-hydrogen) atoms. The van der Waals surface area contributed by atoms with Gasteiger partial charge in [-0.3, -0.25) is 0 Å². The van der Waals surface area contributed by atoms with Crippen molar-refractivity contribution in [3.8, 4) is 5.75 Å². The molecule has 0 unspecified atom stereocenters. The second kappa shape index (κ2) is 4.88. The largest absolute Gasteiger partial charge is 0.431 e. The zero-order valence-electron chi connectivity index (χ0n) is 7.47. The Balaban J connectivity index is 2.64. The first-order valence-electron chi connectivity index (χ1n) is 3.85. The molecule has 2 nitrogen and oxygen atoms in total. The van der Waals surface area contributed by atoms with Crippen LogP contribution in [0, 0.1) is 3.57 Å². The number of benzene rings is 1. The van der Waals surface area contributed by atoms with E-state index in [-0.39, 0.29) is 5.75 Å². The van der Waals surface area contributed by atoms with Gasteiger partial charge in [-0.2, -0.15) is 8.78 Å². The second-order valence-electron chi connectivity index (χ2n) is 2.63. The van der Waals surface area contributed by atoms with E-state index in [0.717, 1.165) is 3.57 Å². The van der Waals surface area contributed by atoms with Crippen LogP contribution in [0.4, 0.5) is 8.78 Å². The number of rotatable bonds is 4. The van der Waals surface area contributed by atoms with Crippen LogP contribution < -0.4 is 4.74 Å². The van der Waals surface area contributed by atoms with Crippen molar-refractivity contribution in [3.63, 3.8) is 0 Å². The number of hydrogen-bond acceptors (Lipinski definition) is 2. The molecule has 0 fully saturated rings. The van der Waals surface area contributed by atoms with Crippen LogP contribution in [-0.2, 0) is 4.74 Å². The lowest BCUT2D eigenvalue weighted by molar-refractivity contribution is -0.206. The van der Waals surface area contributed by atoms with Crippen molar-refractivity contribution in [1.82, 2.24) is 0 Å². The van der Waals surface area contributed by atoms with Crippen molar-refractivity contribution in [2.24, 2.45) is 0 Å². The predicted octanol–water partition coefficient (Wildman–Crippen LogP) is 2.91. The average molecular weight is 314 g/mol. The topological polar surface area (TPSA) is 18.5 Å². The summed E-state index contributed by atoms with van der Waals surface area (Å²) in [5.74, 6) is 0.132. The van der Waals surface area contributed by atoms with E-state index in [2.05, 4.69) is 32.1 Å². The molecule has 78 valence electrons. The fourth-order valence-corrected chi connectivity index (χ4v) is 1.23. The maximum Gasteiger partial charge on any atom is 0.421 e.